The van der Waals surface area contributed by atoms with Crippen LogP contribution < -0.4 is 5.73 Å². The summed E-state index contributed by atoms with van der Waals surface area (Å²) in [5, 5.41) is 0.229. The van der Waals surface area contributed by atoms with Gasteiger partial charge in [0.25, 0.3) is 20.2 Å². The van der Waals surface area contributed by atoms with Gasteiger partial charge in [0, 0.05) is 11.1 Å². The van der Waals surface area contributed by atoms with Crippen molar-refractivity contribution in [1.82, 2.24) is 0 Å². The van der Waals surface area contributed by atoms with Crippen LogP contribution in [0.4, 0.5) is 5.69 Å². The van der Waals surface area contributed by atoms with Crippen LogP contribution in [0.3, 0.4) is 0 Å². The molecule has 0 bridgehead atoms. The zero-order chi connectivity index (χ0) is 15.3. The SMILES string of the molecule is Cc1ccc(N)c2c(S(=O)(=O)O)cc(S(=O)(=O)O)cc12. The van der Waals surface area contributed by atoms with Crippen molar-refractivity contribution in [2.75, 3.05) is 5.73 Å². The van der Waals surface area contributed by atoms with Crippen molar-refractivity contribution in [3.8, 4) is 0 Å². The predicted molar refractivity (Wildman–Crippen MR) is 72.7 cm³/mol. The molecule has 0 aliphatic rings. The Bertz CT molecular complexity index is 916. The van der Waals surface area contributed by atoms with E-state index in [1.807, 2.05) is 0 Å². The lowest BCUT2D eigenvalue weighted by molar-refractivity contribution is 0.482. The Morgan fingerprint density at radius 1 is 1.00 bits per heavy atom. The maximum Gasteiger partial charge on any atom is 0.295 e. The third-order valence-corrected chi connectivity index (χ3v) is 4.59. The fourth-order valence-electron chi connectivity index (χ4n) is 1.94. The molecule has 20 heavy (non-hydrogen) atoms. The lowest BCUT2D eigenvalue weighted by Crippen LogP contribution is -2.06. The summed E-state index contributed by atoms with van der Waals surface area (Å²) in [5.74, 6) is 0. The van der Waals surface area contributed by atoms with Gasteiger partial charge in [0.15, 0.2) is 0 Å². The molecule has 0 radical (unpaired) electrons. The maximum absolute atomic E-state index is 11.4. The van der Waals surface area contributed by atoms with Gasteiger partial charge in [0.05, 0.1) is 4.90 Å². The Hall–Kier alpha value is -1.68. The van der Waals surface area contributed by atoms with E-state index in [1.165, 1.54) is 6.07 Å². The molecule has 7 nitrogen and oxygen atoms in total. The van der Waals surface area contributed by atoms with Crippen molar-refractivity contribution in [1.29, 1.82) is 0 Å². The Labute approximate surface area is 115 Å². The monoisotopic (exact) mass is 317 g/mol. The van der Waals surface area contributed by atoms with E-state index < -0.39 is 30.0 Å². The standard InChI is InChI=1S/C11H11NO6S2/c1-6-2-3-9(12)11-8(6)4-7(19(13,14)15)5-10(11)20(16,17)18/h2-5H,12H2,1H3,(H,13,14,15)(H,16,17,18). The van der Waals surface area contributed by atoms with Gasteiger partial charge in [-0.05, 0) is 36.1 Å². The third kappa shape index (κ3) is 2.48. The summed E-state index contributed by atoms with van der Waals surface area (Å²) < 4.78 is 63.5. The van der Waals surface area contributed by atoms with Crippen molar-refractivity contribution in [2.45, 2.75) is 16.7 Å². The topological polar surface area (TPSA) is 135 Å². The molecule has 2 aromatic rings. The van der Waals surface area contributed by atoms with E-state index in [4.69, 9.17) is 10.3 Å². The van der Waals surface area contributed by atoms with E-state index in [-0.39, 0.29) is 16.5 Å². The lowest BCUT2D eigenvalue weighted by Gasteiger charge is -2.11. The van der Waals surface area contributed by atoms with Crippen molar-refractivity contribution < 1.29 is 25.9 Å². The molecule has 2 rings (SSSR count). The third-order valence-electron chi connectivity index (χ3n) is 2.88. The molecule has 0 saturated heterocycles. The van der Waals surface area contributed by atoms with E-state index in [2.05, 4.69) is 0 Å². The molecule has 0 aliphatic carbocycles. The number of hydrogen-bond acceptors (Lipinski definition) is 5. The van der Waals surface area contributed by atoms with Crippen LogP contribution in [-0.4, -0.2) is 25.9 Å². The molecule has 0 saturated carbocycles. The van der Waals surface area contributed by atoms with Crippen LogP contribution >= 0.6 is 0 Å². The second-order valence-corrected chi connectivity index (χ2v) is 7.08. The molecular formula is C11H11NO6S2. The quantitative estimate of drug-likeness (QED) is 0.560. The number of fused-ring (bicyclic) bond motifs is 1. The van der Waals surface area contributed by atoms with Gasteiger partial charge >= 0.3 is 0 Å². The van der Waals surface area contributed by atoms with Gasteiger partial charge in [-0.3, -0.25) is 9.11 Å². The number of aryl methyl sites for hydroxylation is 1. The van der Waals surface area contributed by atoms with Crippen LogP contribution in [0.5, 0.6) is 0 Å². The molecule has 2 aromatic carbocycles. The summed E-state index contributed by atoms with van der Waals surface area (Å²) in [7, 11) is -9.33. The van der Waals surface area contributed by atoms with Crippen LogP contribution in [0.25, 0.3) is 10.8 Å². The first-order valence-electron chi connectivity index (χ1n) is 5.29. The number of nitrogen functional groups attached to an aromatic ring is 1. The van der Waals surface area contributed by atoms with E-state index in [0.29, 0.717) is 11.6 Å². The lowest BCUT2D eigenvalue weighted by atomic mass is 10.0. The van der Waals surface area contributed by atoms with Gasteiger partial charge in [0.2, 0.25) is 0 Å². The number of nitrogens with two attached hydrogens (primary N) is 1. The highest BCUT2D eigenvalue weighted by molar-refractivity contribution is 7.86. The van der Waals surface area contributed by atoms with Gasteiger partial charge in [0.1, 0.15) is 4.90 Å². The van der Waals surface area contributed by atoms with Crippen LogP contribution in [0.15, 0.2) is 34.1 Å². The van der Waals surface area contributed by atoms with Crippen molar-refractivity contribution in [2.24, 2.45) is 0 Å². The molecular weight excluding hydrogens is 306 g/mol. The van der Waals surface area contributed by atoms with Crippen LogP contribution in [0.2, 0.25) is 0 Å². The van der Waals surface area contributed by atoms with Gasteiger partial charge in [-0.1, -0.05) is 6.07 Å². The van der Waals surface area contributed by atoms with Gasteiger partial charge < -0.3 is 5.73 Å². The first-order valence-corrected chi connectivity index (χ1v) is 8.17. The average Bonchev–Trinajstić information content (AvgIpc) is 2.30. The highest BCUT2D eigenvalue weighted by Crippen LogP contribution is 2.33. The highest BCUT2D eigenvalue weighted by atomic mass is 32.2. The Morgan fingerprint density at radius 2 is 1.60 bits per heavy atom. The number of hydrogen-bond donors (Lipinski definition) is 3. The van der Waals surface area contributed by atoms with Crippen LogP contribution in [-0.2, 0) is 20.2 Å². The predicted octanol–water partition coefficient (Wildman–Crippen LogP) is 1.22. The molecule has 0 aliphatic heterocycles. The second kappa shape index (κ2) is 4.42. The van der Waals surface area contributed by atoms with Gasteiger partial charge in [-0.2, -0.15) is 16.8 Å². The normalized spacial score (nSPS) is 12.8. The molecule has 0 atom stereocenters. The summed E-state index contributed by atoms with van der Waals surface area (Å²) in [6, 6.07) is 4.78. The van der Waals surface area contributed by atoms with E-state index in [0.717, 1.165) is 6.07 Å². The Morgan fingerprint density at radius 3 is 2.10 bits per heavy atom. The second-order valence-electron chi connectivity index (χ2n) is 4.27. The maximum atomic E-state index is 11.4. The molecule has 0 spiro atoms. The van der Waals surface area contributed by atoms with Crippen LogP contribution in [0.1, 0.15) is 5.56 Å². The molecule has 0 aromatic heterocycles. The first kappa shape index (κ1) is 14.7. The summed E-state index contributed by atoms with van der Waals surface area (Å²) in [5.41, 5.74) is 6.31. The molecule has 0 amide bonds. The van der Waals surface area contributed by atoms with Gasteiger partial charge in [-0.15, -0.1) is 0 Å². The number of benzene rings is 2. The van der Waals surface area contributed by atoms with Crippen molar-refractivity contribution >= 4 is 36.7 Å². The largest absolute Gasteiger partial charge is 0.398 e. The highest BCUT2D eigenvalue weighted by Gasteiger charge is 2.22. The molecule has 9 heteroatoms. The number of rotatable bonds is 2. The fraction of sp³-hybridized carbons (Fsp3) is 0.0909. The smallest absolute Gasteiger partial charge is 0.295 e. The zero-order valence-corrected chi connectivity index (χ0v) is 11.9. The van der Waals surface area contributed by atoms with E-state index in [1.54, 1.807) is 13.0 Å². The average molecular weight is 317 g/mol. The minimum absolute atomic E-state index is 0.0138. The minimum atomic E-state index is -4.71. The molecule has 0 heterocycles. The van der Waals surface area contributed by atoms with E-state index in [9.17, 15) is 21.4 Å². The van der Waals surface area contributed by atoms with Crippen LogP contribution in [0, 0.1) is 6.92 Å². The fourth-order valence-corrected chi connectivity index (χ4v) is 3.31. The summed E-state index contributed by atoms with van der Waals surface area (Å²) in [4.78, 5) is -1.30. The Balaban J connectivity index is 3.14. The van der Waals surface area contributed by atoms with Crippen molar-refractivity contribution in [3.05, 3.63) is 29.8 Å². The summed E-state index contributed by atoms with van der Waals surface area (Å²) >= 11 is 0. The molecule has 4 N–H and O–H groups in total. The summed E-state index contributed by atoms with van der Waals surface area (Å²) in [6.45, 7) is 1.61. The minimum Gasteiger partial charge on any atom is -0.398 e. The number of anilines is 1. The van der Waals surface area contributed by atoms with E-state index >= 15 is 0 Å². The Kier molecular flexibility index (Phi) is 3.25. The first-order chi connectivity index (χ1) is 9.01. The zero-order valence-electron chi connectivity index (χ0n) is 10.2. The van der Waals surface area contributed by atoms with Crippen molar-refractivity contribution in [3.63, 3.8) is 0 Å². The van der Waals surface area contributed by atoms with Gasteiger partial charge in [-0.25, -0.2) is 0 Å². The molecule has 0 fully saturated rings. The molecule has 108 valence electrons. The molecule has 0 unspecified atom stereocenters. The summed E-state index contributed by atoms with van der Waals surface area (Å²) in [6.07, 6.45) is 0.